The van der Waals surface area contributed by atoms with Gasteiger partial charge in [-0.25, -0.2) is 0 Å². The Morgan fingerprint density at radius 1 is 1.27 bits per heavy atom. The second-order valence-electron chi connectivity index (χ2n) is 7.33. The highest BCUT2D eigenvalue weighted by molar-refractivity contribution is 8.26. The summed E-state index contributed by atoms with van der Waals surface area (Å²) < 4.78 is 0.472. The topological polar surface area (TPSA) is 75.2 Å². The summed E-state index contributed by atoms with van der Waals surface area (Å²) >= 11 is 8.00. The number of hydrogen-bond donors (Lipinski definition) is 1. The zero-order chi connectivity index (χ0) is 21.7. The second kappa shape index (κ2) is 10.3. The van der Waals surface area contributed by atoms with Gasteiger partial charge in [0.2, 0.25) is 11.0 Å². The Balaban J connectivity index is 1.55. The quantitative estimate of drug-likeness (QED) is 0.461. The molecule has 158 valence electrons. The maximum Gasteiger partial charge on any atom is 0.266 e. The molecule has 1 aromatic carbocycles. The molecule has 0 unspecified atom stereocenters. The monoisotopic (exact) mass is 460 g/mol. The summed E-state index contributed by atoms with van der Waals surface area (Å²) in [4.78, 5) is 27.0. The van der Waals surface area contributed by atoms with Gasteiger partial charge in [-0.05, 0) is 29.5 Å². The Kier molecular flexibility index (Phi) is 7.74. The van der Waals surface area contributed by atoms with Crippen molar-refractivity contribution in [1.29, 1.82) is 0 Å². The number of thioether (sulfide) groups is 1. The Hall–Kier alpha value is -2.10. The Bertz CT molecular complexity index is 967. The van der Waals surface area contributed by atoms with E-state index in [0.29, 0.717) is 20.3 Å². The van der Waals surface area contributed by atoms with Gasteiger partial charge in [0.25, 0.3) is 5.91 Å². The average Bonchev–Trinajstić information content (AvgIpc) is 3.24. The second-order valence-corrected chi connectivity index (χ2v) is 10.1. The molecule has 3 rings (SSSR count). The molecule has 1 aromatic heterocycles. The zero-order valence-electron chi connectivity index (χ0n) is 17.2. The van der Waals surface area contributed by atoms with Crippen LogP contribution in [0.1, 0.15) is 43.3 Å². The van der Waals surface area contributed by atoms with E-state index in [1.807, 2.05) is 18.2 Å². The number of thiocarbonyl (C=S) groups is 1. The SMILES string of the molecule is CCc1ccc(/C=C2/SC(=S)N(CCC(=O)Nc3nnc(CC(C)C)s3)C2=O)cc1. The lowest BCUT2D eigenvalue weighted by Gasteiger charge is -2.13. The predicted octanol–water partition coefficient (Wildman–Crippen LogP) is 4.53. The normalized spacial score (nSPS) is 15.5. The molecule has 0 saturated carbocycles. The van der Waals surface area contributed by atoms with Crippen LogP contribution in [0.2, 0.25) is 0 Å². The Morgan fingerprint density at radius 2 is 2.00 bits per heavy atom. The zero-order valence-corrected chi connectivity index (χ0v) is 19.6. The van der Waals surface area contributed by atoms with Gasteiger partial charge in [-0.15, -0.1) is 10.2 Å². The number of aryl methyl sites for hydroxylation is 1. The number of carbonyl (C=O) groups is 2. The summed E-state index contributed by atoms with van der Waals surface area (Å²) in [6.45, 7) is 6.55. The number of amides is 2. The van der Waals surface area contributed by atoms with Crippen LogP contribution in [0.3, 0.4) is 0 Å². The van der Waals surface area contributed by atoms with Crippen molar-refractivity contribution >= 4 is 62.7 Å². The molecule has 0 atom stereocenters. The van der Waals surface area contributed by atoms with Gasteiger partial charge < -0.3 is 5.32 Å². The van der Waals surface area contributed by atoms with Gasteiger partial charge in [0.05, 0.1) is 4.91 Å². The van der Waals surface area contributed by atoms with E-state index in [2.05, 4.69) is 48.4 Å². The van der Waals surface area contributed by atoms with E-state index in [1.54, 1.807) is 0 Å². The number of anilines is 1. The first-order chi connectivity index (χ1) is 14.4. The lowest BCUT2D eigenvalue weighted by atomic mass is 10.1. The number of benzene rings is 1. The van der Waals surface area contributed by atoms with E-state index in [9.17, 15) is 9.59 Å². The number of rotatable bonds is 8. The number of aromatic nitrogens is 2. The van der Waals surface area contributed by atoms with Gasteiger partial charge in [-0.3, -0.25) is 14.5 Å². The first-order valence-electron chi connectivity index (χ1n) is 9.82. The van der Waals surface area contributed by atoms with Gasteiger partial charge in [0.1, 0.15) is 9.33 Å². The number of nitrogens with one attached hydrogen (secondary N) is 1. The molecular weight excluding hydrogens is 436 g/mol. The van der Waals surface area contributed by atoms with Crippen molar-refractivity contribution in [3.63, 3.8) is 0 Å². The minimum atomic E-state index is -0.213. The van der Waals surface area contributed by atoms with E-state index in [-0.39, 0.29) is 24.8 Å². The average molecular weight is 461 g/mol. The molecule has 1 N–H and O–H groups in total. The van der Waals surface area contributed by atoms with Crippen molar-refractivity contribution in [3.05, 3.63) is 45.3 Å². The third-order valence-corrected chi connectivity index (χ3v) is 6.66. The van der Waals surface area contributed by atoms with Crippen LogP contribution < -0.4 is 5.32 Å². The van der Waals surface area contributed by atoms with Crippen molar-refractivity contribution in [1.82, 2.24) is 15.1 Å². The molecule has 9 heteroatoms. The Labute approximate surface area is 190 Å². The first kappa shape index (κ1) is 22.6. The fourth-order valence-electron chi connectivity index (χ4n) is 2.82. The van der Waals surface area contributed by atoms with Crippen molar-refractivity contribution in [3.8, 4) is 0 Å². The molecule has 1 aliphatic heterocycles. The lowest BCUT2D eigenvalue weighted by Crippen LogP contribution is -2.31. The van der Waals surface area contributed by atoms with Gasteiger partial charge in [-0.2, -0.15) is 0 Å². The molecule has 1 saturated heterocycles. The summed E-state index contributed by atoms with van der Waals surface area (Å²) in [6, 6.07) is 8.09. The third kappa shape index (κ3) is 5.96. The highest BCUT2D eigenvalue weighted by Gasteiger charge is 2.32. The standard InChI is InChI=1S/C21H24N4O2S3/c1-4-14-5-7-15(8-6-14)12-16-19(27)25(21(28)29-16)10-9-17(26)22-20-24-23-18(30-20)11-13(2)3/h5-8,12-13H,4,9-11H2,1-3H3,(H,22,24,26)/b16-12+. The highest BCUT2D eigenvalue weighted by Crippen LogP contribution is 2.32. The molecule has 6 nitrogen and oxygen atoms in total. The molecular formula is C21H24N4O2S3. The highest BCUT2D eigenvalue weighted by atomic mass is 32.2. The summed E-state index contributed by atoms with van der Waals surface area (Å²) in [6.07, 6.45) is 3.79. The van der Waals surface area contributed by atoms with E-state index < -0.39 is 0 Å². The van der Waals surface area contributed by atoms with Crippen molar-refractivity contribution in [2.75, 3.05) is 11.9 Å². The number of carbonyl (C=O) groups excluding carboxylic acids is 2. The van der Waals surface area contributed by atoms with Crippen LogP contribution >= 0.6 is 35.3 Å². The first-order valence-corrected chi connectivity index (χ1v) is 11.9. The predicted molar refractivity (Wildman–Crippen MR) is 127 cm³/mol. The minimum absolute atomic E-state index is 0.143. The van der Waals surface area contributed by atoms with E-state index >= 15 is 0 Å². The van der Waals surface area contributed by atoms with Crippen LogP contribution in [0.15, 0.2) is 29.2 Å². The van der Waals surface area contributed by atoms with Crippen LogP contribution in [-0.2, 0) is 22.4 Å². The molecule has 0 radical (unpaired) electrons. The van der Waals surface area contributed by atoms with E-state index in [4.69, 9.17) is 12.2 Å². The summed E-state index contributed by atoms with van der Waals surface area (Å²) in [5.41, 5.74) is 2.20. The van der Waals surface area contributed by atoms with Gasteiger partial charge in [0, 0.05) is 19.4 Å². The molecule has 2 heterocycles. The van der Waals surface area contributed by atoms with Gasteiger partial charge >= 0.3 is 0 Å². The van der Waals surface area contributed by atoms with Crippen LogP contribution in [0.5, 0.6) is 0 Å². The summed E-state index contributed by atoms with van der Waals surface area (Å²) in [7, 11) is 0. The van der Waals surface area contributed by atoms with E-state index in [0.717, 1.165) is 23.4 Å². The third-order valence-electron chi connectivity index (χ3n) is 4.42. The molecule has 2 amide bonds. The largest absolute Gasteiger partial charge is 0.300 e. The maximum atomic E-state index is 12.7. The minimum Gasteiger partial charge on any atom is -0.300 e. The molecule has 30 heavy (non-hydrogen) atoms. The summed E-state index contributed by atoms with van der Waals surface area (Å²) in [5, 5.41) is 12.2. The molecule has 1 aliphatic rings. The fourth-order valence-corrected chi connectivity index (χ4v) is 5.10. The van der Waals surface area contributed by atoms with E-state index in [1.165, 1.54) is 33.6 Å². The van der Waals surface area contributed by atoms with Crippen LogP contribution in [0.4, 0.5) is 5.13 Å². The van der Waals surface area contributed by atoms with Crippen LogP contribution in [0.25, 0.3) is 6.08 Å². The number of nitrogens with zero attached hydrogens (tertiary/aromatic N) is 3. The molecule has 1 fully saturated rings. The molecule has 0 spiro atoms. The van der Waals surface area contributed by atoms with Crippen molar-refractivity contribution < 1.29 is 9.59 Å². The van der Waals surface area contributed by atoms with Crippen molar-refractivity contribution in [2.45, 2.75) is 40.0 Å². The molecule has 2 aromatic rings. The summed E-state index contributed by atoms with van der Waals surface area (Å²) in [5.74, 6) is 0.107. The van der Waals surface area contributed by atoms with Crippen molar-refractivity contribution in [2.24, 2.45) is 5.92 Å². The fraction of sp³-hybridized carbons (Fsp3) is 0.381. The van der Waals surface area contributed by atoms with Crippen LogP contribution in [-0.4, -0.2) is 37.8 Å². The van der Waals surface area contributed by atoms with Gasteiger partial charge in [0.15, 0.2) is 0 Å². The number of hydrogen-bond acceptors (Lipinski definition) is 7. The smallest absolute Gasteiger partial charge is 0.266 e. The lowest BCUT2D eigenvalue weighted by molar-refractivity contribution is -0.122. The van der Waals surface area contributed by atoms with Gasteiger partial charge in [-0.1, -0.05) is 80.4 Å². The molecule has 0 aliphatic carbocycles. The molecule has 0 bridgehead atoms. The van der Waals surface area contributed by atoms with Crippen LogP contribution in [0, 0.1) is 5.92 Å². The Morgan fingerprint density at radius 3 is 2.67 bits per heavy atom. The maximum absolute atomic E-state index is 12.7.